The summed E-state index contributed by atoms with van der Waals surface area (Å²) in [6.07, 6.45) is 4.58. The van der Waals surface area contributed by atoms with Crippen molar-refractivity contribution in [3.63, 3.8) is 0 Å². The van der Waals surface area contributed by atoms with E-state index in [9.17, 15) is 4.79 Å². The Kier molecular flexibility index (Phi) is 2.87. The second kappa shape index (κ2) is 3.71. The van der Waals surface area contributed by atoms with E-state index in [1.165, 1.54) is 0 Å². The molecule has 1 aliphatic carbocycles. The van der Waals surface area contributed by atoms with Gasteiger partial charge in [0, 0.05) is 18.9 Å². The highest BCUT2D eigenvalue weighted by atomic mass is 16.2. The van der Waals surface area contributed by atoms with Crippen LogP contribution in [0.25, 0.3) is 0 Å². The van der Waals surface area contributed by atoms with E-state index in [4.69, 9.17) is 5.11 Å². The lowest BCUT2D eigenvalue weighted by atomic mass is 10.0. The molecule has 0 bridgehead atoms. The molecule has 1 atom stereocenters. The molecule has 1 aliphatic rings. The molecule has 2 nitrogen and oxygen atoms in total. The molecule has 0 heterocycles. The summed E-state index contributed by atoms with van der Waals surface area (Å²) < 4.78 is 0. The van der Waals surface area contributed by atoms with Crippen molar-refractivity contribution in [2.75, 3.05) is 6.61 Å². The van der Waals surface area contributed by atoms with Gasteiger partial charge in [-0.05, 0) is 25.7 Å². The maximum absolute atomic E-state index is 11.0. The van der Waals surface area contributed by atoms with Gasteiger partial charge >= 0.3 is 0 Å². The fourth-order valence-electron chi connectivity index (χ4n) is 1.53. The Morgan fingerprint density at radius 1 is 1.60 bits per heavy atom. The van der Waals surface area contributed by atoms with Crippen LogP contribution >= 0.6 is 0 Å². The summed E-state index contributed by atoms with van der Waals surface area (Å²) in [7, 11) is 0. The Labute approximate surface area is 61.2 Å². The summed E-state index contributed by atoms with van der Waals surface area (Å²) in [6.45, 7) is 0.226. The summed E-state index contributed by atoms with van der Waals surface area (Å²) in [5, 5.41) is 8.50. The molecule has 1 N–H and O–H groups in total. The Morgan fingerprint density at radius 2 is 2.40 bits per heavy atom. The summed E-state index contributed by atoms with van der Waals surface area (Å²) in [5.74, 6) is 0.695. The number of Topliss-reactive ketones (excluding diaryl/α,β-unsaturated/α-hetero) is 1. The van der Waals surface area contributed by atoms with Crippen molar-refractivity contribution in [2.24, 2.45) is 5.92 Å². The first-order valence-electron chi connectivity index (χ1n) is 3.98. The van der Waals surface area contributed by atoms with Crippen molar-refractivity contribution in [3.8, 4) is 0 Å². The van der Waals surface area contributed by atoms with E-state index in [1.54, 1.807) is 0 Å². The van der Waals surface area contributed by atoms with Crippen molar-refractivity contribution < 1.29 is 9.90 Å². The zero-order valence-electron chi connectivity index (χ0n) is 6.18. The van der Waals surface area contributed by atoms with Crippen molar-refractivity contribution >= 4 is 5.78 Å². The maximum Gasteiger partial charge on any atom is 0.135 e. The summed E-state index contributed by atoms with van der Waals surface area (Å²) >= 11 is 0. The second-order valence-electron chi connectivity index (χ2n) is 2.92. The van der Waals surface area contributed by atoms with Crippen molar-refractivity contribution in [3.05, 3.63) is 0 Å². The van der Waals surface area contributed by atoms with E-state index in [0.717, 1.165) is 32.1 Å². The minimum absolute atomic E-state index is 0.226. The Balaban J connectivity index is 2.20. The van der Waals surface area contributed by atoms with E-state index < -0.39 is 0 Å². The van der Waals surface area contributed by atoms with Gasteiger partial charge in [-0.1, -0.05) is 0 Å². The van der Waals surface area contributed by atoms with Crippen LogP contribution in [0, 0.1) is 5.92 Å². The highest BCUT2D eigenvalue weighted by molar-refractivity contribution is 5.82. The van der Waals surface area contributed by atoms with Crippen LogP contribution in [0.3, 0.4) is 0 Å². The molecule has 0 saturated heterocycles. The molecule has 0 aromatic heterocycles. The molecule has 1 unspecified atom stereocenters. The molecule has 0 radical (unpaired) electrons. The van der Waals surface area contributed by atoms with E-state index in [0.29, 0.717) is 5.78 Å². The van der Waals surface area contributed by atoms with Gasteiger partial charge in [-0.25, -0.2) is 0 Å². The van der Waals surface area contributed by atoms with Crippen LogP contribution in [-0.4, -0.2) is 17.5 Å². The van der Waals surface area contributed by atoms with E-state index in [1.807, 2.05) is 0 Å². The molecule has 1 saturated carbocycles. The van der Waals surface area contributed by atoms with Gasteiger partial charge in [-0.15, -0.1) is 0 Å². The van der Waals surface area contributed by atoms with Gasteiger partial charge in [-0.3, -0.25) is 4.79 Å². The Hall–Kier alpha value is -0.370. The third kappa shape index (κ3) is 1.81. The van der Waals surface area contributed by atoms with Crippen LogP contribution in [0.2, 0.25) is 0 Å². The van der Waals surface area contributed by atoms with Crippen molar-refractivity contribution in [2.45, 2.75) is 32.1 Å². The maximum atomic E-state index is 11.0. The van der Waals surface area contributed by atoms with Gasteiger partial charge in [0.05, 0.1) is 0 Å². The van der Waals surface area contributed by atoms with Crippen LogP contribution in [-0.2, 0) is 4.79 Å². The van der Waals surface area contributed by atoms with Crippen LogP contribution in [0.15, 0.2) is 0 Å². The molecule has 58 valence electrons. The SMILES string of the molecule is O=C1CCCC1CCCO. The zero-order chi connectivity index (χ0) is 7.40. The highest BCUT2D eigenvalue weighted by Crippen LogP contribution is 2.24. The van der Waals surface area contributed by atoms with Gasteiger partial charge in [0.15, 0.2) is 0 Å². The molecule has 1 rings (SSSR count). The normalized spacial score (nSPS) is 25.7. The number of carbonyl (C=O) groups excluding carboxylic acids is 1. The third-order valence-corrected chi connectivity index (χ3v) is 2.14. The standard InChI is InChI=1S/C8H14O2/c9-6-2-4-7-3-1-5-8(7)10/h7,9H,1-6H2. The number of carbonyl (C=O) groups is 1. The summed E-state index contributed by atoms with van der Waals surface area (Å²) in [5.41, 5.74) is 0. The predicted octanol–water partition coefficient (Wildman–Crippen LogP) is 1.13. The monoisotopic (exact) mass is 142 g/mol. The number of aliphatic hydroxyl groups is 1. The lowest BCUT2D eigenvalue weighted by molar-refractivity contribution is -0.120. The van der Waals surface area contributed by atoms with Crippen LogP contribution in [0.1, 0.15) is 32.1 Å². The molecule has 0 spiro atoms. The molecule has 2 heteroatoms. The first kappa shape index (κ1) is 7.73. The molecule has 10 heavy (non-hydrogen) atoms. The lowest BCUT2D eigenvalue weighted by Gasteiger charge is -2.03. The molecular weight excluding hydrogens is 128 g/mol. The van der Waals surface area contributed by atoms with E-state index in [-0.39, 0.29) is 12.5 Å². The fraction of sp³-hybridized carbons (Fsp3) is 0.875. The van der Waals surface area contributed by atoms with Crippen LogP contribution in [0.5, 0.6) is 0 Å². The number of hydrogen-bond donors (Lipinski definition) is 1. The molecule has 0 aromatic carbocycles. The third-order valence-electron chi connectivity index (χ3n) is 2.14. The van der Waals surface area contributed by atoms with Crippen molar-refractivity contribution in [1.29, 1.82) is 0 Å². The first-order valence-corrected chi connectivity index (χ1v) is 3.98. The topological polar surface area (TPSA) is 37.3 Å². The minimum atomic E-state index is 0.226. The smallest absolute Gasteiger partial charge is 0.135 e. The van der Waals surface area contributed by atoms with Crippen LogP contribution in [0.4, 0.5) is 0 Å². The van der Waals surface area contributed by atoms with E-state index in [2.05, 4.69) is 0 Å². The second-order valence-corrected chi connectivity index (χ2v) is 2.92. The average molecular weight is 142 g/mol. The number of ketones is 1. The van der Waals surface area contributed by atoms with E-state index >= 15 is 0 Å². The van der Waals surface area contributed by atoms with Gasteiger partial charge in [-0.2, -0.15) is 0 Å². The minimum Gasteiger partial charge on any atom is -0.396 e. The average Bonchev–Trinajstić information content (AvgIpc) is 2.31. The Morgan fingerprint density at radius 3 is 2.90 bits per heavy atom. The lowest BCUT2D eigenvalue weighted by Crippen LogP contribution is -2.06. The summed E-state index contributed by atoms with van der Waals surface area (Å²) in [4.78, 5) is 11.0. The van der Waals surface area contributed by atoms with Gasteiger partial charge in [0.2, 0.25) is 0 Å². The molecular formula is C8H14O2. The number of rotatable bonds is 3. The van der Waals surface area contributed by atoms with Gasteiger partial charge in [0.1, 0.15) is 5.78 Å². The molecule has 0 aromatic rings. The molecule has 1 fully saturated rings. The Bertz CT molecular complexity index is 120. The highest BCUT2D eigenvalue weighted by Gasteiger charge is 2.22. The zero-order valence-corrected chi connectivity index (χ0v) is 6.18. The molecule has 0 amide bonds. The summed E-state index contributed by atoms with van der Waals surface area (Å²) in [6, 6.07) is 0. The van der Waals surface area contributed by atoms with Gasteiger partial charge < -0.3 is 5.11 Å². The van der Waals surface area contributed by atoms with Crippen molar-refractivity contribution in [1.82, 2.24) is 0 Å². The largest absolute Gasteiger partial charge is 0.396 e. The first-order chi connectivity index (χ1) is 4.84. The number of hydrogen-bond acceptors (Lipinski definition) is 2. The van der Waals surface area contributed by atoms with Crippen LogP contribution < -0.4 is 0 Å². The molecule has 0 aliphatic heterocycles. The predicted molar refractivity (Wildman–Crippen MR) is 38.7 cm³/mol. The number of aliphatic hydroxyl groups excluding tert-OH is 1. The fourth-order valence-corrected chi connectivity index (χ4v) is 1.53. The quantitative estimate of drug-likeness (QED) is 0.641. The van der Waals surface area contributed by atoms with Gasteiger partial charge in [0.25, 0.3) is 0 Å².